The Morgan fingerprint density at radius 2 is 2.28 bits per heavy atom. The van der Waals surface area contributed by atoms with Gasteiger partial charge < -0.3 is 5.11 Å². The van der Waals surface area contributed by atoms with E-state index in [-0.39, 0.29) is 16.7 Å². The Kier molecular flexibility index (Phi) is 3.93. The molecule has 0 aromatic heterocycles. The van der Waals surface area contributed by atoms with Crippen LogP contribution in [0.4, 0.5) is 5.69 Å². The van der Waals surface area contributed by atoms with Crippen LogP contribution in [0.2, 0.25) is 0 Å². The van der Waals surface area contributed by atoms with Gasteiger partial charge in [-0.2, -0.15) is 0 Å². The molecule has 0 amide bonds. The van der Waals surface area contributed by atoms with E-state index in [4.69, 9.17) is 0 Å². The summed E-state index contributed by atoms with van der Waals surface area (Å²) in [5.74, 6) is 0.456. The fraction of sp³-hybridized carbons (Fsp3) is 0.538. The van der Waals surface area contributed by atoms with Crippen molar-refractivity contribution in [2.45, 2.75) is 25.5 Å². The summed E-state index contributed by atoms with van der Waals surface area (Å²) in [6.45, 7) is 1.23. The monoisotopic (exact) mass is 250 g/mol. The van der Waals surface area contributed by atoms with Crippen LogP contribution in [0.5, 0.6) is 0 Å². The van der Waals surface area contributed by atoms with Crippen LogP contribution in [-0.2, 0) is 6.54 Å². The molecule has 18 heavy (non-hydrogen) atoms. The second kappa shape index (κ2) is 5.46. The summed E-state index contributed by atoms with van der Waals surface area (Å²) < 4.78 is 0. The van der Waals surface area contributed by atoms with E-state index in [2.05, 4.69) is 0 Å². The number of hydrogen-bond donors (Lipinski definition) is 1. The van der Waals surface area contributed by atoms with Gasteiger partial charge in [0.15, 0.2) is 0 Å². The van der Waals surface area contributed by atoms with Crippen molar-refractivity contribution in [3.63, 3.8) is 0 Å². The number of hydrogen-bond acceptors (Lipinski definition) is 4. The minimum absolute atomic E-state index is 0.114. The molecule has 1 aromatic rings. The Balaban J connectivity index is 1.91. The molecular weight excluding hydrogens is 232 g/mol. The number of benzene rings is 1. The van der Waals surface area contributed by atoms with Gasteiger partial charge >= 0.3 is 0 Å². The molecule has 0 aliphatic heterocycles. The summed E-state index contributed by atoms with van der Waals surface area (Å²) in [6, 6.07) is 6.63. The van der Waals surface area contributed by atoms with E-state index in [9.17, 15) is 15.2 Å². The zero-order chi connectivity index (χ0) is 13.1. The van der Waals surface area contributed by atoms with Gasteiger partial charge in [0, 0.05) is 25.2 Å². The van der Waals surface area contributed by atoms with Crippen LogP contribution >= 0.6 is 0 Å². The third kappa shape index (κ3) is 3.51. The number of nitro benzene ring substituents is 1. The molecule has 5 heteroatoms. The molecular formula is C13H18N2O3. The van der Waals surface area contributed by atoms with Gasteiger partial charge in [-0.1, -0.05) is 12.1 Å². The van der Waals surface area contributed by atoms with Crippen LogP contribution in [0.15, 0.2) is 24.3 Å². The van der Waals surface area contributed by atoms with E-state index in [0.717, 1.165) is 18.4 Å². The lowest BCUT2D eigenvalue weighted by atomic mass is 10.1. The quantitative estimate of drug-likeness (QED) is 0.617. The lowest BCUT2D eigenvalue weighted by molar-refractivity contribution is -0.384. The SMILES string of the molecule is CN(Cc1cccc([N+](=O)[O-])c1)CC(O)C1CC1. The molecule has 2 rings (SSSR count). The average Bonchev–Trinajstić information content (AvgIpc) is 3.12. The summed E-state index contributed by atoms with van der Waals surface area (Å²) in [6.07, 6.45) is 1.96. The van der Waals surface area contributed by atoms with Crippen LogP contribution < -0.4 is 0 Å². The fourth-order valence-corrected chi connectivity index (χ4v) is 2.09. The van der Waals surface area contributed by atoms with Gasteiger partial charge in [0.05, 0.1) is 11.0 Å². The second-order valence-electron chi connectivity index (χ2n) is 5.03. The molecule has 1 aliphatic carbocycles. The predicted octanol–water partition coefficient (Wildman–Crippen LogP) is 1.80. The number of aliphatic hydroxyl groups excluding tert-OH is 1. The molecule has 0 saturated heterocycles. The number of nitro groups is 1. The van der Waals surface area contributed by atoms with E-state index in [1.165, 1.54) is 6.07 Å². The van der Waals surface area contributed by atoms with Gasteiger partial charge in [0.2, 0.25) is 0 Å². The minimum Gasteiger partial charge on any atom is -0.392 e. The number of likely N-dealkylation sites (N-methyl/N-ethyl adjacent to an activating group) is 1. The molecule has 1 fully saturated rings. The highest BCUT2D eigenvalue weighted by molar-refractivity contribution is 5.34. The lowest BCUT2D eigenvalue weighted by Crippen LogP contribution is -2.30. The molecule has 1 atom stereocenters. The Bertz CT molecular complexity index is 432. The van der Waals surface area contributed by atoms with E-state index in [0.29, 0.717) is 19.0 Å². The van der Waals surface area contributed by atoms with E-state index in [1.807, 2.05) is 18.0 Å². The predicted molar refractivity (Wildman–Crippen MR) is 68.2 cm³/mol. The molecule has 1 aliphatic rings. The molecule has 0 spiro atoms. The Morgan fingerprint density at radius 1 is 1.56 bits per heavy atom. The second-order valence-corrected chi connectivity index (χ2v) is 5.03. The maximum Gasteiger partial charge on any atom is 0.269 e. The van der Waals surface area contributed by atoms with Crippen LogP contribution in [0.3, 0.4) is 0 Å². The van der Waals surface area contributed by atoms with Gasteiger partial charge in [0.1, 0.15) is 0 Å². The highest BCUT2D eigenvalue weighted by Crippen LogP contribution is 2.32. The first-order valence-electron chi connectivity index (χ1n) is 6.16. The zero-order valence-corrected chi connectivity index (χ0v) is 10.5. The van der Waals surface area contributed by atoms with E-state index in [1.54, 1.807) is 12.1 Å². The zero-order valence-electron chi connectivity index (χ0n) is 10.5. The fourth-order valence-electron chi connectivity index (χ4n) is 2.09. The topological polar surface area (TPSA) is 66.6 Å². The molecule has 1 saturated carbocycles. The third-order valence-corrected chi connectivity index (χ3v) is 3.24. The van der Waals surface area contributed by atoms with Gasteiger partial charge in [0.25, 0.3) is 5.69 Å². The van der Waals surface area contributed by atoms with Crippen molar-refractivity contribution in [3.8, 4) is 0 Å². The smallest absolute Gasteiger partial charge is 0.269 e. The molecule has 0 radical (unpaired) electrons. The van der Waals surface area contributed by atoms with Crippen LogP contribution in [0, 0.1) is 16.0 Å². The van der Waals surface area contributed by atoms with Crippen molar-refractivity contribution in [3.05, 3.63) is 39.9 Å². The van der Waals surface area contributed by atoms with Crippen molar-refractivity contribution in [1.82, 2.24) is 4.90 Å². The standard InChI is InChI=1S/C13H18N2O3/c1-14(9-13(16)11-5-6-11)8-10-3-2-4-12(7-10)15(17)18/h2-4,7,11,13,16H,5-6,8-9H2,1H3. The molecule has 0 heterocycles. The van der Waals surface area contributed by atoms with Crippen LogP contribution in [0.25, 0.3) is 0 Å². The highest BCUT2D eigenvalue weighted by atomic mass is 16.6. The maximum atomic E-state index is 10.7. The Labute approximate surface area is 106 Å². The van der Waals surface area contributed by atoms with Crippen molar-refractivity contribution in [2.24, 2.45) is 5.92 Å². The van der Waals surface area contributed by atoms with Crippen molar-refractivity contribution in [1.29, 1.82) is 0 Å². The number of aliphatic hydroxyl groups is 1. The number of non-ortho nitro benzene ring substituents is 1. The van der Waals surface area contributed by atoms with Gasteiger partial charge in [-0.15, -0.1) is 0 Å². The first-order chi connectivity index (χ1) is 8.56. The van der Waals surface area contributed by atoms with Crippen molar-refractivity contribution >= 4 is 5.69 Å². The largest absolute Gasteiger partial charge is 0.392 e. The minimum atomic E-state index is -0.386. The first kappa shape index (κ1) is 13.0. The Hall–Kier alpha value is -1.46. The average molecular weight is 250 g/mol. The molecule has 1 unspecified atom stereocenters. The molecule has 1 aromatic carbocycles. The Morgan fingerprint density at radius 3 is 2.89 bits per heavy atom. The van der Waals surface area contributed by atoms with E-state index >= 15 is 0 Å². The van der Waals surface area contributed by atoms with Crippen LogP contribution in [-0.4, -0.2) is 34.6 Å². The molecule has 5 nitrogen and oxygen atoms in total. The molecule has 0 bridgehead atoms. The third-order valence-electron chi connectivity index (χ3n) is 3.24. The van der Waals surface area contributed by atoms with Crippen molar-refractivity contribution < 1.29 is 10.0 Å². The van der Waals surface area contributed by atoms with Crippen molar-refractivity contribution in [2.75, 3.05) is 13.6 Å². The van der Waals surface area contributed by atoms with Gasteiger partial charge in [-0.05, 0) is 31.4 Å². The summed E-state index contributed by atoms with van der Waals surface area (Å²) >= 11 is 0. The molecule has 98 valence electrons. The van der Waals surface area contributed by atoms with Gasteiger partial charge in [-0.3, -0.25) is 15.0 Å². The summed E-state index contributed by atoms with van der Waals surface area (Å²) in [4.78, 5) is 12.3. The lowest BCUT2D eigenvalue weighted by Gasteiger charge is -2.20. The summed E-state index contributed by atoms with van der Waals surface area (Å²) in [7, 11) is 1.92. The first-order valence-corrected chi connectivity index (χ1v) is 6.16. The summed E-state index contributed by atoms with van der Waals surface area (Å²) in [5.41, 5.74) is 1.01. The normalized spacial score (nSPS) is 16.8. The van der Waals surface area contributed by atoms with Crippen LogP contribution in [0.1, 0.15) is 18.4 Å². The molecule has 1 N–H and O–H groups in total. The number of nitrogens with zero attached hydrogens (tertiary/aromatic N) is 2. The highest BCUT2D eigenvalue weighted by Gasteiger charge is 2.30. The summed E-state index contributed by atoms with van der Waals surface area (Å²) in [5, 5.41) is 20.5. The van der Waals surface area contributed by atoms with Gasteiger partial charge in [-0.25, -0.2) is 0 Å². The maximum absolute atomic E-state index is 10.7. The van der Waals surface area contributed by atoms with E-state index < -0.39 is 0 Å². The number of rotatable bonds is 6.